The molecule has 1 aromatic rings. The molecule has 1 rings (SSSR count). The molecule has 3 heteroatoms. The summed E-state index contributed by atoms with van der Waals surface area (Å²) in [5.41, 5.74) is 4.11. The number of hydrogen-bond acceptors (Lipinski definition) is 3. The molecule has 3 N–H and O–H groups in total. The predicted octanol–water partition coefficient (Wildman–Crippen LogP) is 2.51. The zero-order chi connectivity index (χ0) is 12.7. The SMILES string of the molecule is COc1ccccc1CC(CCC(C)C)NN. The summed E-state index contributed by atoms with van der Waals surface area (Å²) in [6.07, 6.45) is 3.18. The number of methoxy groups -OCH3 is 1. The average Bonchev–Trinajstić information content (AvgIpc) is 2.34. The van der Waals surface area contributed by atoms with Gasteiger partial charge in [-0.3, -0.25) is 11.3 Å². The van der Waals surface area contributed by atoms with E-state index in [-0.39, 0.29) is 0 Å². The highest BCUT2D eigenvalue weighted by atomic mass is 16.5. The second kappa shape index (κ2) is 7.30. The Hall–Kier alpha value is -1.06. The Morgan fingerprint density at radius 1 is 1.24 bits per heavy atom. The summed E-state index contributed by atoms with van der Waals surface area (Å²) in [7, 11) is 1.71. The molecule has 0 heterocycles. The Balaban J connectivity index is 2.60. The molecule has 17 heavy (non-hydrogen) atoms. The smallest absolute Gasteiger partial charge is 0.122 e. The number of ether oxygens (including phenoxy) is 1. The Bertz CT molecular complexity index is 326. The van der Waals surface area contributed by atoms with E-state index >= 15 is 0 Å². The zero-order valence-electron chi connectivity index (χ0n) is 11.1. The highest BCUT2D eigenvalue weighted by Crippen LogP contribution is 2.20. The van der Waals surface area contributed by atoms with Gasteiger partial charge in [-0.2, -0.15) is 0 Å². The molecule has 0 aliphatic rings. The molecule has 0 saturated heterocycles. The van der Waals surface area contributed by atoms with Crippen molar-refractivity contribution in [2.75, 3.05) is 7.11 Å². The fraction of sp³-hybridized carbons (Fsp3) is 0.571. The third-order valence-electron chi connectivity index (χ3n) is 2.99. The van der Waals surface area contributed by atoms with Crippen LogP contribution < -0.4 is 16.0 Å². The first kappa shape index (κ1) is 14.0. The van der Waals surface area contributed by atoms with Crippen LogP contribution in [-0.2, 0) is 6.42 Å². The number of nitrogens with two attached hydrogens (primary N) is 1. The normalized spacial score (nSPS) is 12.8. The Kier molecular flexibility index (Phi) is 6.01. The molecular weight excluding hydrogens is 212 g/mol. The molecule has 1 unspecified atom stereocenters. The summed E-state index contributed by atoms with van der Waals surface area (Å²) in [6.45, 7) is 4.47. The largest absolute Gasteiger partial charge is 0.496 e. The maximum atomic E-state index is 5.61. The van der Waals surface area contributed by atoms with Crippen molar-refractivity contribution in [3.05, 3.63) is 29.8 Å². The maximum Gasteiger partial charge on any atom is 0.122 e. The third kappa shape index (κ3) is 4.75. The van der Waals surface area contributed by atoms with Gasteiger partial charge in [-0.25, -0.2) is 0 Å². The fourth-order valence-corrected chi connectivity index (χ4v) is 1.92. The molecule has 1 atom stereocenters. The molecule has 0 saturated carbocycles. The van der Waals surface area contributed by atoms with Gasteiger partial charge in [-0.1, -0.05) is 32.0 Å². The Morgan fingerprint density at radius 2 is 1.94 bits per heavy atom. The Morgan fingerprint density at radius 3 is 2.53 bits per heavy atom. The van der Waals surface area contributed by atoms with Gasteiger partial charge in [-0.05, 0) is 36.8 Å². The van der Waals surface area contributed by atoms with Crippen molar-refractivity contribution < 1.29 is 4.74 Å². The van der Waals surface area contributed by atoms with Crippen molar-refractivity contribution in [2.45, 2.75) is 39.2 Å². The standard InChI is InChI=1S/C14H24N2O/c1-11(2)8-9-13(16-15)10-12-6-4-5-7-14(12)17-3/h4-7,11,13,16H,8-10,15H2,1-3H3. The van der Waals surface area contributed by atoms with E-state index in [0.717, 1.165) is 18.6 Å². The van der Waals surface area contributed by atoms with E-state index in [1.807, 2.05) is 18.2 Å². The molecule has 0 radical (unpaired) electrons. The Labute approximate surface area is 104 Å². The minimum Gasteiger partial charge on any atom is -0.496 e. The van der Waals surface area contributed by atoms with E-state index in [4.69, 9.17) is 10.6 Å². The van der Waals surface area contributed by atoms with Gasteiger partial charge < -0.3 is 4.74 Å². The fourth-order valence-electron chi connectivity index (χ4n) is 1.92. The van der Waals surface area contributed by atoms with Crippen LogP contribution in [0.25, 0.3) is 0 Å². The highest BCUT2D eigenvalue weighted by Gasteiger charge is 2.11. The number of hydrazine groups is 1. The molecule has 0 aromatic heterocycles. The van der Waals surface area contributed by atoms with E-state index in [9.17, 15) is 0 Å². The summed E-state index contributed by atoms with van der Waals surface area (Å²) in [5.74, 6) is 7.26. The third-order valence-corrected chi connectivity index (χ3v) is 2.99. The number of para-hydroxylation sites is 1. The van der Waals surface area contributed by atoms with Gasteiger partial charge >= 0.3 is 0 Å². The molecule has 0 spiro atoms. The van der Waals surface area contributed by atoms with Crippen LogP contribution in [-0.4, -0.2) is 13.2 Å². The molecular formula is C14H24N2O. The molecule has 1 aromatic carbocycles. The minimum atomic E-state index is 0.314. The van der Waals surface area contributed by atoms with Crippen LogP contribution in [0.1, 0.15) is 32.3 Å². The summed E-state index contributed by atoms with van der Waals surface area (Å²) in [4.78, 5) is 0. The summed E-state index contributed by atoms with van der Waals surface area (Å²) >= 11 is 0. The molecule has 0 aliphatic carbocycles. The van der Waals surface area contributed by atoms with Gasteiger partial charge in [0.1, 0.15) is 5.75 Å². The average molecular weight is 236 g/mol. The highest BCUT2D eigenvalue weighted by molar-refractivity contribution is 5.33. The van der Waals surface area contributed by atoms with Gasteiger partial charge in [0.15, 0.2) is 0 Å². The van der Waals surface area contributed by atoms with E-state index in [2.05, 4.69) is 25.3 Å². The first-order valence-electron chi connectivity index (χ1n) is 6.25. The lowest BCUT2D eigenvalue weighted by Crippen LogP contribution is -2.37. The van der Waals surface area contributed by atoms with Crippen molar-refractivity contribution in [1.29, 1.82) is 0 Å². The van der Waals surface area contributed by atoms with Crippen molar-refractivity contribution >= 4 is 0 Å². The number of nitrogens with one attached hydrogen (secondary N) is 1. The van der Waals surface area contributed by atoms with Crippen molar-refractivity contribution in [1.82, 2.24) is 5.43 Å². The van der Waals surface area contributed by atoms with Crippen LogP contribution in [0.5, 0.6) is 5.75 Å². The maximum absolute atomic E-state index is 5.61. The molecule has 0 fully saturated rings. The summed E-state index contributed by atoms with van der Waals surface area (Å²) in [5, 5.41) is 0. The van der Waals surface area contributed by atoms with Crippen LogP contribution in [0.15, 0.2) is 24.3 Å². The van der Waals surface area contributed by atoms with E-state index in [0.29, 0.717) is 12.0 Å². The molecule has 0 amide bonds. The van der Waals surface area contributed by atoms with Gasteiger partial charge in [0.2, 0.25) is 0 Å². The minimum absolute atomic E-state index is 0.314. The van der Waals surface area contributed by atoms with Crippen molar-refractivity contribution in [3.8, 4) is 5.75 Å². The monoisotopic (exact) mass is 236 g/mol. The molecule has 96 valence electrons. The van der Waals surface area contributed by atoms with E-state index < -0.39 is 0 Å². The van der Waals surface area contributed by atoms with Crippen LogP contribution >= 0.6 is 0 Å². The second-order valence-electron chi connectivity index (χ2n) is 4.85. The first-order chi connectivity index (χ1) is 8.17. The number of rotatable bonds is 7. The zero-order valence-corrected chi connectivity index (χ0v) is 11.1. The molecule has 3 nitrogen and oxygen atoms in total. The van der Waals surface area contributed by atoms with Gasteiger partial charge in [0, 0.05) is 6.04 Å². The second-order valence-corrected chi connectivity index (χ2v) is 4.85. The van der Waals surface area contributed by atoms with Gasteiger partial charge in [0.05, 0.1) is 7.11 Å². The van der Waals surface area contributed by atoms with Crippen LogP contribution in [0.2, 0.25) is 0 Å². The van der Waals surface area contributed by atoms with Crippen molar-refractivity contribution in [2.24, 2.45) is 11.8 Å². The molecule has 0 bridgehead atoms. The van der Waals surface area contributed by atoms with E-state index in [1.165, 1.54) is 12.0 Å². The van der Waals surface area contributed by atoms with Crippen molar-refractivity contribution in [3.63, 3.8) is 0 Å². The lowest BCUT2D eigenvalue weighted by Gasteiger charge is -2.18. The summed E-state index contributed by atoms with van der Waals surface area (Å²) < 4.78 is 5.35. The van der Waals surface area contributed by atoms with Crippen LogP contribution in [0.4, 0.5) is 0 Å². The van der Waals surface area contributed by atoms with Gasteiger partial charge in [-0.15, -0.1) is 0 Å². The number of benzene rings is 1. The van der Waals surface area contributed by atoms with Crippen LogP contribution in [0.3, 0.4) is 0 Å². The molecule has 0 aliphatic heterocycles. The topological polar surface area (TPSA) is 47.3 Å². The van der Waals surface area contributed by atoms with E-state index in [1.54, 1.807) is 7.11 Å². The van der Waals surface area contributed by atoms with Crippen LogP contribution in [0, 0.1) is 5.92 Å². The summed E-state index contributed by atoms with van der Waals surface area (Å²) in [6, 6.07) is 8.42. The quantitative estimate of drug-likeness (QED) is 0.565. The first-order valence-corrected chi connectivity index (χ1v) is 6.25. The lowest BCUT2D eigenvalue weighted by molar-refractivity contribution is 0.397. The van der Waals surface area contributed by atoms with Gasteiger partial charge in [0.25, 0.3) is 0 Å². The predicted molar refractivity (Wildman–Crippen MR) is 71.9 cm³/mol. The number of hydrogen-bond donors (Lipinski definition) is 2. The lowest BCUT2D eigenvalue weighted by atomic mass is 9.98.